The third-order valence-electron chi connectivity index (χ3n) is 4.90. The van der Waals surface area contributed by atoms with E-state index in [-0.39, 0.29) is 11.9 Å². The van der Waals surface area contributed by atoms with Crippen molar-refractivity contribution in [1.29, 1.82) is 0 Å². The predicted molar refractivity (Wildman–Crippen MR) is 115 cm³/mol. The van der Waals surface area contributed by atoms with Gasteiger partial charge in [0, 0.05) is 28.4 Å². The second-order valence-corrected chi connectivity index (χ2v) is 9.68. The summed E-state index contributed by atoms with van der Waals surface area (Å²) in [6.07, 6.45) is 0. The lowest BCUT2D eigenvalue weighted by molar-refractivity contribution is 0.0246. The standard InChI is InChI=1S/C20H22N2O2S3/c1-13-14(2)27-20(21-19(23)16-6-4-12-26-16)17(13)18(15-5-3-11-25-15)22-7-9-24-10-8-22/h3-6,11-12,18H,7-10H2,1-2H3,(H,21,23)/t18-/m1/s1. The molecular weight excluding hydrogens is 396 g/mol. The summed E-state index contributed by atoms with van der Waals surface area (Å²) in [4.78, 5) is 18.5. The number of morpholine rings is 1. The van der Waals surface area contributed by atoms with Crippen LogP contribution in [0.5, 0.6) is 0 Å². The van der Waals surface area contributed by atoms with Crippen LogP contribution in [0.25, 0.3) is 0 Å². The number of amides is 1. The largest absolute Gasteiger partial charge is 0.379 e. The van der Waals surface area contributed by atoms with Gasteiger partial charge in [-0.25, -0.2) is 0 Å². The molecule has 1 aliphatic rings. The van der Waals surface area contributed by atoms with Gasteiger partial charge in [-0.1, -0.05) is 12.1 Å². The van der Waals surface area contributed by atoms with Crippen molar-refractivity contribution in [2.75, 3.05) is 31.6 Å². The molecule has 142 valence electrons. The number of nitrogens with one attached hydrogen (secondary N) is 1. The van der Waals surface area contributed by atoms with Crippen molar-refractivity contribution in [2.24, 2.45) is 0 Å². The Hall–Kier alpha value is -1.51. The van der Waals surface area contributed by atoms with E-state index in [1.807, 2.05) is 17.5 Å². The van der Waals surface area contributed by atoms with Gasteiger partial charge in [-0.3, -0.25) is 9.69 Å². The van der Waals surface area contributed by atoms with E-state index >= 15 is 0 Å². The van der Waals surface area contributed by atoms with Gasteiger partial charge in [0.25, 0.3) is 5.91 Å². The van der Waals surface area contributed by atoms with Crippen LogP contribution in [0.15, 0.2) is 35.0 Å². The fourth-order valence-electron chi connectivity index (χ4n) is 3.43. The van der Waals surface area contributed by atoms with Gasteiger partial charge in [0.05, 0.1) is 24.1 Å². The minimum atomic E-state index is -0.0283. The first-order valence-corrected chi connectivity index (χ1v) is 11.5. The van der Waals surface area contributed by atoms with E-state index in [4.69, 9.17) is 4.74 Å². The van der Waals surface area contributed by atoms with Crippen LogP contribution >= 0.6 is 34.0 Å². The van der Waals surface area contributed by atoms with E-state index in [0.29, 0.717) is 0 Å². The number of nitrogens with zero attached hydrogens (tertiary/aromatic N) is 1. The molecule has 1 atom stereocenters. The molecule has 0 bridgehead atoms. The fraction of sp³-hybridized carbons (Fsp3) is 0.350. The number of hydrogen-bond acceptors (Lipinski definition) is 6. The Morgan fingerprint density at radius 3 is 2.56 bits per heavy atom. The number of thiophene rings is 3. The molecule has 0 unspecified atom stereocenters. The van der Waals surface area contributed by atoms with Crippen molar-refractivity contribution in [3.8, 4) is 0 Å². The van der Waals surface area contributed by atoms with Crippen molar-refractivity contribution in [1.82, 2.24) is 4.90 Å². The van der Waals surface area contributed by atoms with Crippen molar-refractivity contribution in [3.63, 3.8) is 0 Å². The molecular formula is C20H22N2O2S3. The summed E-state index contributed by atoms with van der Waals surface area (Å²) >= 11 is 4.92. The van der Waals surface area contributed by atoms with Gasteiger partial charge in [0.2, 0.25) is 0 Å². The van der Waals surface area contributed by atoms with Crippen LogP contribution in [0.3, 0.4) is 0 Å². The molecule has 27 heavy (non-hydrogen) atoms. The second kappa shape index (κ2) is 8.24. The van der Waals surface area contributed by atoms with Crippen LogP contribution < -0.4 is 5.32 Å². The molecule has 7 heteroatoms. The van der Waals surface area contributed by atoms with Crippen molar-refractivity contribution < 1.29 is 9.53 Å². The Balaban J connectivity index is 1.74. The molecule has 1 amide bonds. The zero-order valence-electron chi connectivity index (χ0n) is 15.4. The van der Waals surface area contributed by atoms with Gasteiger partial charge in [-0.15, -0.1) is 34.0 Å². The number of ether oxygens (including phenoxy) is 1. The lowest BCUT2D eigenvalue weighted by atomic mass is 10.00. The smallest absolute Gasteiger partial charge is 0.266 e. The normalized spacial score (nSPS) is 16.4. The Morgan fingerprint density at radius 2 is 1.89 bits per heavy atom. The van der Waals surface area contributed by atoms with Crippen LogP contribution in [-0.4, -0.2) is 37.1 Å². The van der Waals surface area contributed by atoms with Gasteiger partial charge >= 0.3 is 0 Å². The maximum absolute atomic E-state index is 12.7. The van der Waals surface area contributed by atoms with Crippen molar-refractivity contribution >= 4 is 44.9 Å². The van der Waals surface area contributed by atoms with Gasteiger partial charge in [0.1, 0.15) is 5.00 Å². The molecule has 3 aromatic rings. The van der Waals surface area contributed by atoms with E-state index in [1.165, 1.54) is 32.2 Å². The molecule has 1 N–H and O–H groups in total. The zero-order chi connectivity index (χ0) is 18.8. The van der Waals surface area contributed by atoms with E-state index in [9.17, 15) is 4.79 Å². The Kier molecular flexibility index (Phi) is 5.75. The molecule has 3 aromatic heterocycles. The molecule has 4 nitrogen and oxygen atoms in total. The van der Waals surface area contributed by atoms with Gasteiger partial charge in [0.15, 0.2) is 0 Å². The molecule has 1 aliphatic heterocycles. The topological polar surface area (TPSA) is 41.6 Å². The van der Waals surface area contributed by atoms with Gasteiger partial charge < -0.3 is 10.1 Å². The Morgan fingerprint density at radius 1 is 1.15 bits per heavy atom. The Labute approximate surface area is 171 Å². The highest BCUT2D eigenvalue weighted by Gasteiger charge is 2.31. The van der Waals surface area contributed by atoms with Crippen LogP contribution in [-0.2, 0) is 4.74 Å². The molecule has 4 rings (SSSR count). The molecule has 0 saturated carbocycles. The quantitative estimate of drug-likeness (QED) is 0.622. The summed E-state index contributed by atoms with van der Waals surface area (Å²) in [5, 5.41) is 8.22. The number of rotatable bonds is 5. The van der Waals surface area contributed by atoms with E-state index in [2.05, 4.69) is 41.6 Å². The second-order valence-electron chi connectivity index (χ2n) is 6.52. The first-order chi connectivity index (χ1) is 13.1. The maximum Gasteiger partial charge on any atom is 0.266 e. The zero-order valence-corrected chi connectivity index (χ0v) is 17.8. The number of carbonyl (C=O) groups is 1. The first kappa shape index (κ1) is 18.8. The molecule has 0 radical (unpaired) electrons. The monoisotopic (exact) mass is 418 g/mol. The summed E-state index contributed by atoms with van der Waals surface area (Å²) in [6, 6.07) is 8.23. The third-order valence-corrected chi connectivity index (χ3v) is 7.83. The minimum Gasteiger partial charge on any atom is -0.379 e. The van der Waals surface area contributed by atoms with Gasteiger partial charge in [-0.05, 0) is 42.3 Å². The molecule has 1 fully saturated rings. The third kappa shape index (κ3) is 3.88. The lowest BCUT2D eigenvalue weighted by Crippen LogP contribution is -2.39. The SMILES string of the molecule is Cc1sc(NC(=O)c2cccs2)c([C@@H](c2cccs2)N2CCOCC2)c1C. The number of aryl methyl sites for hydroxylation is 1. The van der Waals surface area contributed by atoms with Gasteiger partial charge in [-0.2, -0.15) is 0 Å². The fourth-order valence-corrected chi connectivity index (χ4v) is 6.00. The van der Waals surface area contributed by atoms with Crippen molar-refractivity contribution in [3.05, 3.63) is 60.8 Å². The molecule has 1 saturated heterocycles. The molecule has 0 spiro atoms. The minimum absolute atomic E-state index is 0.0283. The predicted octanol–water partition coefficient (Wildman–Crippen LogP) is 5.16. The van der Waals surface area contributed by atoms with E-state index in [0.717, 1.165) is 36.2 Å². The highest BCUT2D eigenvalue weighted by molar-refractivity contribution is 7.17. The molecule has 0 aliphatic carbocycles. The highest BCUT2D eigenvalue weighted by Crippen LogP contribution is 2.43. The molecule has 0 aromatic carbocycles. The highest BCUT2D eigenvalue weighted by atomic mass is 32.1. The number of carbonyl (C=O) groups excluding carboxylic acids is 1. The van der Waals surface area contributed by atoms with Crippen LogP contribution in [0.4, 0.5) is 5.00 Å². The van der Waals surface area contributed by atoms with E-state index < -0.39 is 0 Å². The number of hydrogen-bond donors (Lipinski definition) is 1. The summed E-state index contributed by atoms with van der Waals surface area (Å²) in [5.74, 6) is -0.0283. The van der Waals surface area contributed by atoms with Crippen LogP contribution in [0.1, 0.15) is 36.6 Å². The summed E-state index contributed by atoms with van der Waals surface area (Å²) < 4.78 is 5.58. The summed E-state index contributed by atoms with van der Waals surface area (Å²) in [5.41, 5.74) is 2.50. The Bertz CT molecular complexity index is 894. The molecule has 4 heterocycles. The van der Waals surface area contributed by atoms with Crippen LogP contribution in [0, 0.1) is 13.8 Å². The first-order valence-electron chi connectivity index (χ1n) is 8.95. The summed E-state index contributed by atoms with van der Waals surface area (Å²) in [7, 11) is 0. The number of anilines is 1. The van der Waals surface area contributed by atoms with E-state index in [1.54, 1.807) is 22.7 Å². The lowest BCUT2D eigenvalue weighted by Gasteiger charge is -2.35. The average molecular weight is 419 g/mol. The average Bonchev–Trinajstić information content (AvgIpc) is 3.42. The van der Waals surface area contributed by atoms with Crippen molar-refractivity contribution in [2.45, 2.75) is 19.9 Å². The van der Waals surface area contributed by atoms with Crippen LogP contribution in [0.2, 0.25) is 0 Å². The maximum atomic E-state index is 12.7. The summed E-state index contributed by atoms with van der Waals surface area (Å²) in [6.45, 7) is 7.60.